The first kappa shape index (κ1) is 38.8. The quantitative estimate of drug-likeness (QED) is 0.0429. The molecule has 0 aromatic carbocycles. The first-order valence-electron chi connectivity index (χ1n) is 16.1. The van der Waals surface area contributed by atoms with Crippen LogP contribution in [-0.2, 0) is 14.9 Å². The van der Waals surface area contributed by atoms with Gasteiger partial charge in [0.25, 0.3) is 10.1 Å². The maximum absolute atomic E-state index is 12.4. The first-order valence-corrected chi connectivity index (χ1v) is 17.8. The van der Waals surface area contributed by atoms with Crippen molar-refractivity contribution in [3.05, 3.63) is 24.3 Å². The topological polar surface area (TPSA) is 124 Å². The highest BCUT2D eigenvalue weighted by atomic mass is 32.2. The number of amides is 1. The zero-order valence-electron chi connectivity index (χ0n) is 25.6. The summed E-state index contributed by atoms with van der Waals surface area (Å²) in [6.45, 7) is 4.42. The maximum Gasteiger partial charge on any atom is 0.267 e. The Kier molecular flexibility index (Phi) is 25.9. The highest BCUT2D eigenvalue weighted by Crippen LogP contribution is 2.12. The van der Waals surface area contributed by atoms with Crippen LogP contribution < -0.4 is 5.32 Å². The molecule has 7 nitrogen and oxygen atoms in total. The molecule has 236 valence electrons. The normalized spacial score (nSPS) is 14.6. The summed E-state index contributed by atoms with van der Waals surface area (Å²) >= 11 is 0. The van der Waals surface area contributed by atoms with Crippen molar-refractivity contribution in [1.29, 1.82) is 0 Å². The van der Waals surface area contributed by atoms with Crippen LogP contribution in [-0.4, -0.2) is 53.1 Å². The highest BCUT2D eigenvalue weighted by molar-refractivity contribution is 7.85. The molecule has 0 aliphatic carbocycles. The molecule has 0 bridgehead atoms. The van der Waals surface area contributed by atoms with Gasteiger partial charge in [0.1, 0.15) is 6.10 Å². The number of aliphatic hydroxyl groups is 2. The fourth-order valence-corrected chi connectivity index (χ4v) is 5.44. The van der Waals surface area contributed by atoms with Crippen molar-refractivity contribution in [3.8, 4) is 0 Å². The van der Waals surface area contributed by atoms with Gasteiger partial charge >= 0.3 is 0 Å². The molecule has 0 saturated carbocycles. The Bertz CT molecular complexity index is 753. The van der Waals surface area contributed by atoms with Crippen LogP contribution in [0.2, 0.25) is 0 Å². The van der Waals surface area contributed by atoms with Gasteiger partial charge in [-0.05, 0) is 32.1 Å². The van der Waals surface area contributed by atoms with E-state index in [0.717, 1.165) is 32.1 Å². The van der Waals surface area contributed by atoms with Gasteiger partial charge in [-0.3, -0.25) is 9.35 Å². The molecule has 0 saturated heterocycles. The smallest absolute Gasteiger partial charge is 0.267 e. The summed E-state index contributed by atoms with van der Waals surface area (Å²) in [7, 11) is -4.43. The molecule has 40 heavy (non-hydrogen) atoms. The molecular weight excluding hydrogens is 526 g/mol. The van der Waals surface area contributed by atoms with E-state index in [4.69, 9.17) is 0 Å². The van der Waals surface area contributed by atoms with E-state index < -0.39 is 40.0 Å². The average molecular weight is 588 g/mol. The van der Waals surface area contributed by atoms with Gasteiger partial charge in [-0.2, -0.15) is 8.42 Å². The number of aliphatic hydroxyl groups excluding tert-OH is 2. The molecule has 4 N–H and O–H groups in total. The molecular formula is C32H61NO6S. The fraction of sp³-hybridized carbons (Fsp3) is 0.844. The van der Waals surface area contributed by atoms with E-state index >= 15 is 0 Å². The number of nitrogens with one attached hydrogen (secondary N) is 1. The molecule has 0 aromatic heterocycles. The Balaban J connectivity index is 4.26. The average Bonchev–Trinajstić information content (AvgIpc) is 2.90. The zero-order valence-corrected chi connectivity index (χ0v) is 26.4. The summed E-state index contributed by atoms with van der Waals surface area (Å²) in [5.74, 6) is -1.56. The van der Waals surface area contributed by atoms with Gasteiger partial charge in [0.15, 0.2) is 0 Å². The van der Waals surface area contributed by atoms with Gasteiger partial charge in [-0.15, -0.1) is 0 Å². The van der Waals surface area contributed by atoms with Crippen molar-refractivity contribution in [2.75, 3.05) is 5.75 Å². The molecule has 1 amide bonds. The van der Waals surface area contributed by atoms with E-state index in [1.54, 1.807) is 6.08 Å². The van der Waals surface area contributed by atoms with Gasteiger partial charge in [0.2, 0.25) is 5.91 Å². The number of carbonyl (C=O) groups excluding carboxylic acids is 1. The molecule has 0 aromatic rings. The summed E-state index contributed by atoms with van der Waals surface area (Å²) in [6, 6.07) is -1.24. The van der Waals surface area contributed by atoms with Crippen LogP contribution in [0.4, 0.5) is 0 Å². The van der Waals surface area contributed by atoms with Crippen LogP contribution in [0.15, 0.2) is 24.3 Å². The van der Waals surface area contributed by atoms with Gasteiger partial charge in [0.05, 0.1) is 17.9 Å². The Morgan fingerprint density at radius 3 is 1.65 bits per heavy atom. The monoisotopic (exact) mass is 587 g/mol. The lowest BCUT2D eigenvalue weighted by atomic mass is 10.0. The van der Waals surface area contributed by atoms with Gasteiger partial charge in [-0.25, -0.2) is 0 Å². The van der Waals surface area contributed by atoms with Crippen LogP contribution in [0.5, 0.6) is 0 Å². The molecule has 3 atom stereocenters. The fourth-order valence-electron chi connectivity index (χ4n) is 4.70. The van der Waals surface area contributed by atoms with Crippen LogP contribution >= 0.6 is 0 Å². The molecule has 0 radical (unpaired) electrons. The summed E-state index contributed by atoms with van der Waals surface area (Å²) in [4.78, 5) is 12.4. The summed E-state index contributed by atoms with van der Waals surface area (Å²) < 4.78 is 32.2. The van der Waals surface area contributed by atoms with Crippen LogP contribution in [0.3, 0.4) is 0 Å². The van der Waals surface area contributed by atoms with Crippen molar-refractivity contribution in [3.63, 3.8) is 0 Å². The molecule has 0 aliphatic rings. The van der Waals surface area contributed by atoms with E-state index in [9.17, 15) is 28.0 Å². The van der Waals surface area contributed by atoms with E-state index in [2.05, 4.69) is 31.3 Å². The second-order valence-electron chi connectivity index (χ2n) is 11.2. The molecule has 0 aliphatic heterocycles. The number of hydrogen-bond acceptors (Lipinski definition) is 5. The third-order valence-corrected chi connectivity index (χ3v) is 8.02. The molecule has 0 rings (SSSR count). The summed E-state index contributed by atoms with van der Waals surface area (Å²) in [5, 5.41) is 23.1. The third kappa shape index (κ3) is 25.7. The standard InChI is InChI=1S/C32H61NO6S/c1-3-5-7-9-11-13-14-15-16-17-18-19-21-22-24-26-30(34)29(28-40(37,38)39)33-32(36)31(35)27-25-23-20-12-10-8-6-4-2/h18-19,24,26,29-31,34-35H,3-17,20-23,25,27-28H2,1-2H3,(H,33,36)(H,37,38,39)/b19-18+,26-24+. The van der Waals surface area contributed by atoms with Gasteiger partial charge < -0.3 is 15.5 Å². The van der Waals surface area contributed by atoms with Crippen molar-refractivity contribution < 1.29 is 28.0 Å². The van der Waals surface area contributed by atoms with Crippen LogP contribution in [0.1, 0.15) is 149 Å². The third-order valence-electron chi connectivity index (χ3n) is 7.24. The second kappa shape index (κ2) is 26.7. The number of allylic oxidation sites excluding steroid dienone is 3. The second-order valence-corrected chi connectivity index (χ2v) is 12.7. The van der Waals surface area contributed by atoms with E-state index in [0.29, 0.717) is 12.8 Å². The summed E-state index contributed by atoms with van der Waals surface area (Å²) in [6.07, 6.45) is 28.2. The van der Waals surface area contributed by atoms with Crippen molar-refractivity contribution >= 4 is 16.0 Å². The minimum absolute atomic E-state index is 0.275. The first-order chi connectivity index (χ1) is 19.2. The number of unbranched alkanes of at least 4 members (excludes halogenated alkanes) is 17. The number of carbonyl (C=O) groups is 1. The van der Waals surface area contributed by atoms with Crippen molar-refractivity contribution in [2.45, 2.75) is 167 Å². The van der Waals surface area contributed by atoms with E-state index in [-0.39, 0.29) is 6.42 Å². The lowest BCUT2D eigenvalue weighted by Crippen LogP contribution is -2.50. The predicted molar refractivity (Wildman–Crippen MR) is 167 cm³/mol. The minimum Gasteiger partial charge on any atom is -0.387 e. The molecule has 8 heteroatoms. The Hall–Kier alpha value is -1.22. The summed E-state index contributed by atoms with van der Waals surface area (Å²) in [5.41, 5.74) is 0. The minimum atomic E-state index is -4.43. The van der Waals surface area contributed by atoms with Gasteiger partial charge in [-0.1, -0.05) is 141 Å². The Morgan fingerprint density at radius 2 is 1.12 bits per heavy atom. The molecule has 0 spiro atoms. The largest absolute Gasteiger partial charge is 0.387 e. The van der Waals surface area contributed by atoms with Crippen LogP contribution in [0.25, 0.3) is 0 Å². The molecule has 0 heterocycles. The SMILES string of the molecule is CCCCCCCCCCC/C=C/CC/C=C/C(O)C(CS(=O)(=O)O)NC(=O)C(O)CCCCCCCCCC. The van der Waals surface area contributed by atoms with E-state index in [1.165, 1.54) is 89.5 Å². The van der Waals surface area contributed by atoms with Crippen LogP contribution in [0, 0.1) is 0 Å². The number of rotatable bonds is 28. The van der Waals surface area contributed by atoms with Crippen molar-refractivity contribution in [1.82, 2.24) is 5.32 Å². The highest BCUT2D eigenvalue weighted by Gasteiger charge is 2.27. The Morgan fingerprint density at radius 1 is 0.675 bits per heavy atom. The molecule has 3 unspecified atom stereocenters. The maximum atomic E-state index is 12.4. The van der Waals surface area contributed by atoms with Crippen molar-refractivity contribution in [2.24, 2.45) is 0 Å². The lowest BCUT2D eigenvalue weighted by molar-refractivity contribution is -0.130. The predicted octanol–water partition coefficient (Wildman–Crippen LogP) is 7.43. The zero-order chi connectivity index (χ0) is 29.9. The van der Waals surface area contributed by atoms with Gasteiger partial charge in [0, 0.05) is 0 Å². The van der Waals surface area contributed by atoms with E-state index in [1.807, 2.05) is 0 Å². The lowest BCUT2D eigenvalue weighted by Gasteiger charge is -2.22. The number of hydrogen-bond donors (Lipinski definition) is 4. The Labute approximate surface area is 246 Å². The molecule has 0 fully saturated rings.